The van der Waals surface area contributed by atoms with Gasteiger partial charge in [-0.3, -0.25) is 14.4 Å². The second kappa shape index (κ2) is 7.06. The first-order valence-corrected chi connectivity index (χ1v) is 6.99. The third kappa shape index (κ3) is 5.95. The fourth-order valence-electron chi connectivity index (χ4n) is 2.14. The Morgan fingerprint density at radius 3 is 2.32 bits per heavy atom. The van der Waals surface area contributed by atoms with Crippen molar-refractivity contribution in [3.8, 4) is 0 Å². The van der Waals surface area contributed by atoms with Crippen LogP contribution in [0.3, 0.4) is 0 Å². The van der Waals surface area contributed by atoms with Crippen molar-refractivity contribution in [3.05, 3.63) is 23.8 Å². The van der Waals surface area contributed by atoms with Gasteiger partial charge in [0.05, 0.1) is 6.42 Å². The smallest absolute Gasteiger partial charge is 0.303 e. The van der Waals surface area contributed by atoms with E-state index in [0.717, 1.165) is 5.56 Å². The molecule has 0 atom stereocenters. The molecule has 0 radical (unpaired) electrons. The molecule has 0 aliphatic heterocycles. The summed E-state index contributed by atoms with van der Waals surface area (Å²) in [6.07, 6.45) is 0.0219. The number of benzene rings is 1. The van der Waals surface area contributed by atoms with Crippen LogP contribution in [-0.4, -0.2) is 22.9 Å². The van der Waals surface area contributed by atoms with Gasteiger partial charge < -0.3 is 15.7 Å². The van der Waals surface area contributed by atoms with Gasteiger partial charge in [-0.1, -0.05) is 19.9 Å². The number of carboxylic acid groups (broad SMARTS) is 1. The molecule has 0 saturated carbocycles. The van der Waals surface area contributed by atoms with Crippen molar-refractivity contribution in [1.29, 1.82) is 0 Å². The number of amides is 2. The molecule has 0 aliphatic rings. The molecule has 0 aromatic heterocycles. The Kier molecular flexibility index (Phi) is 5.68. The summed E-state index contributed by atoms with van der Waals surface area (Å²) in [4.78, 5) is 33.9. The van der Waals surface area contributed by atoms with Crippen LogP contribution in [0.5, 0.6) is 0 Å². The zero-order valence-corrected chi connectivity index (χ0v) is 13.3. The lowest BCUT2D eigenvalue weighted by molar-refractivity contribution is -0.139. The SMILES string of the molecule is CC(=O)Nc1cc(NC(=O)CC(C)(C)CC(=O)O)ccc1C. The molecule has 1 aromatic carbocycles. The summed E-state index contributed by atoms with van der Waals surface area (Å²) in [5.41, 5.74) is 1.46. The minimum absolute atomic E-state index is 0.0779. The first-order chi connectivity index (χ1) is 10.1. The third-order valence-corrected chi connectivity index (χ3v) is 3.10. The van der Waals surface area contributed by atoms with Gasteiger partial charge in [-0.15, -0.1) is 0 Å². The van der Waals surface area contributed by atoms with Gasteiger partial charge in [0.1, 0.15) is 0 Å². The minimum Gasteiger partial charge on any atom is -0.481 e. The molecular formula is C16H22N2O4. The van der Waals surface area contributed by atoms with Crippen molar-refractivity contribution in [3.63, 3.8) is 0 Å². The van der Waals surface area contributed by atoms with Crippen molar-refractivity contribution in [2.45, 2.75) is 40.5 Å². The highest BCUT2D eigenvalue weighted by Crippen LogP contribution is 2.26. The minimum atomic E-state index is -0.930. The molecule has 6 nitrogen and oxygen atoms in total. The quantitative estimate of drug-likeness (QED) is 0.753. The first kappa shape index (κ1) is 17.7. The summed E-state index contributed by atoms with van der Waals surface area (Å²) in [5, 5.41) is 14.3. The van der Waals surface area contributed by atoms with Crippen LogP contribution in [0, 0.1) is 12.3 Å². The van der Waals surface area contributed by atoms with Crippen LogP contribution in [0.2, 0.25) is 0 Å². The molecule has 1 aromatic rings. The molecule has 1 rings (SSSR count). The Hall–Kier alpha value is -2.37. The van der Waals surface area contributed by atoms with E-state index >= 15 is 0 Å². The molecule has 0 spiro atoms. The van der Waals surface area contributed by atoms with Crippen LogP contribution >= 0.6 is 0 Å². The zero-order chi connectivity index (χ0) is 16.9. The number of carbonyl (C=O) groups is 3. The fraction of sp³-hybridized carbons (Fsp3) is 0.438. The van der Waals surface area contributed by atoms with E-state index in [0.29, 0.717) is 11.4 Å². The molecule has 0 unspecified atom stereocenters. The van der Waals surface area contributed by atoms with Gasteiger partial charge in [0, 0.05) is 24.7 Å². The predicted octanol–water partition coefficient (Wildman–Crippen LogP) is 2.78. The topological polar surface area (TPSA) is 95.5 Å². The number of aliphatic carboxylic acids is 1. The van der Waals surface area contributed by atoms with E-state index in [-0.39, 0.29) is 24.7 Å². The Balaban J connectivity index is 2.76. The van der Waals surface area contributed by atoms with E-state index in [4.69, 9.17) is 5.11 Å². The van der Waals surface area contributed by atoms with Crippen molar-refractivity contribution in [1.82, 2.24) is 0 Å². The van der Waals surface area contributed by atoms with E-state index in [1.807, 2.05) is 6.92 Å². The third-order valence-electron chi connectivity index (χ3n) is 3.10. The largest absolute Gasteiger partial charge is 0.481 e. The molecule has 0 fully saturated rings. The summed E-state index contributed by atoms with van der Waals surface area (Å²) in [6, 6.07) is 5.21. The number of nitrogens with one attached hydrogen (secondary N) is 2. The van der Waals surface area contributed by atoms with Crippen LogP contribution in [0.1, 0.15) is 39.2 Å². The van der Waals surface area contributed by atoms with Gasteiger partial charge in [-0.2, -0.15) is 0 Å². The summed E-state index contributed by atoms with van der Waals surface area (Å²) in [7, 11) is 0. The highest BCUT2D eigenvalue weighted by atomic mass is 16.4. The molecule has 6 heteroatoms. The maximum absolute atomic E-state index is 12.0. The van der Waals surface area contributed by atoms with Gasteiger partial charge in [-0.25, -0.2) is 0 Å². The van der Waals surface area contributed by atoms with Crippen LogP contribution in [-0.2, 0) is 14.4 Å². The number of rotatable bonds is 6. The first-order valence-electron chi connectivity index (χ1n) is 6.99. The van der Waals surface area contributed by atoms with Crippen LogP contribution in [0.25, 0.3) is 0 Å². The predicted molar refractivity (Wildman–Crippen MR) is 84.8 cm³/mol. The Bertz CT molecular complexity index is 594. The lowest BCUT2D eigenvalue weighted by Crippen LogP contribution is -2.24. The molecule has 3 N–H and O–H groups in total. The van der Waals surface area contributed by atoms with E-state index < -0.39 is 11.4 Å². The molecule has 0 aliphatic carbocycles. The summed E-state index contributed by atoms with van der Waals surface area (Å²) in [6.45, 7) is 6.74. The molecular weight excluding hydrogens is 284 g/mol. The molecule has 0 heterocycles. The fourth-order valence-corrected chi connectivity index (χ4v) is 2.14. The van der Waals surface area contributed by atoms with Crippen molar-refractivity contribution in [2.75, 3.05) is 10.6 Å². The average Bonchev–Trinajstić information content (AvgIpc) is 2.30. The van der Waals surface area contributed by atoms with Crippen molar-refractivity contribution < 1.29 is 19.5 Å². The zero-order valence-electron chi connectivity index (χ0n) is 13.3. The average molecular weight is 306 g/mol. The molecule has 0 saturated heterocycles. The maximum Gasteiger partial charge on any atom is 0.303 e. The Morgan fingerprint density at radius 2 is 1.77 bits per heavy atom. The Morgan fingerprint density at radius 1 is 1.14 bits per heavy atom. The lowest BCUT2D eigenvalue weighted by Gasteiger charge is -2.21. The number of carbonyl (C=O) groups excluding carboxylic acids is 2. The highest BCUT2D eigenvalue weighted by Gasteiger charge is 2.25. The van der Waals surface area contributed by atoms with E-state index in [1.165, 1.54) is 6.92 Å². The summed E-state index contributed by atoms with van der Waals surface area (Å²) >= 11 is 0. The second-order valence-corrected chi connectivity index (χ2v) is 6.17. The van der Waals surface area contributed by atoms with Gasteiger partial charge >= 0.3 is 5.97 Å². The second-order valence-electron chi connectivity index (χ2n) is 6.17. The van der Waals surface area contributed by atoms with Crippen LogP contribution < -0.4 is 10.6 Å². The van der Waals surface area contributed by atoms with Gasteiger partial charge in [0.15, 0.2) is 0 Å². The number of hydrogen-bond donors (Lipinski definition) is 3. The lowest BCUT2D eigenvalue weighted by atomic mass is 9.85. The molecule has 0 bridgehead atoms. The highest BCUT2D eigenvalue weighted by molar-refractivity contribution is 5.94. The van der Waals surface area contributed by atoms with Crippen LogP contribution in [0.4, 0.5) is 11.4 Å². The monoisotopic (exact) mass is 306 g/mol. The molecule has 2 amide bonds. The number of aryl methyl sites for hydroxylation is 1. The van der Waals surface area contributed by atoms with Gasteiger partial charge in [0.2, 0.25) is 11.8 Å². The normalized spacial score (nSPS) is 10.9. The summed E-state index contributed by atoms with van der Waals surface area (Å²) in [5.74, 6) is -1.38. The maximum atomic E-state index is 12.0. The molecule has 22 heavy (non-hydrogen) atoms. The van der Waals surface area contributed by atoms with Crippen LogP contribution in [0.15, 0.2) is 18.2 Å². The van der Waals surface area contributed by atoms with Crippen molar-refractivity contribution in [2.24, 2.45) is 5.41 Å². The number of carboxylic acids is 1. The van der Waals surface area contributed by atoms with E-state index in [2.05, 4.69) is 10.6 Å². The standard InChI is InChI=1S/C16H22N2O4/c1-10-5-6-12(7-13(10)17-11(2)19)18-14(20)8-16(3,4)9-15(21)22/h5-7H,8-9H2,1-4H3,(H,17,19)(H,18,20)(H,21,22). The van der Waals surface area contributed by atoms with Crippen molar-refractivity contribution >= 4 is 29.2 Å². The van der Waals surface area contributed by atoms with Gasteiger partial charge in [-0.05, 0) is 30.0 Å². The number of anilines is 2. The summed E-state index contributed by atoms with van der Waals surface area (Å²) < 4.78 is 0. The Labute approximate surface area is 129 Å². The molecule has 120 valence electrons. The number of hydrogen-bond acceptors (Lipinski definition) is 3. The van der Waals surface area contributed by atoms with Gasteiger partial charge in [0.25, 0.3) is 0 Å². The van der Waals surface area contributed by atoms with E-state index in [1.54, 1.807) is 32.0 Å². The van der Waals surface area contributed by atoms with E-state index in [9.17, 15) is 14.4 Å².